The molecule has 0 radical (unpaired) electrons. The molecule has 28 heavy (non-hydrogen) atoms. The van der Waals surface area contributed by atoms with Crippen LogP contribution in [-0.4, -0.2) is 38.3 Å². The third-order valence-electron chi connectivity index (χ3n) is 3.96. The van der Waals surface area contributed by atoms with Gasteiger partial charge in [0.1, 0.15) is 17.4 Å². The molecule has 146 valence electrons. The van der Waals surface area contributed by atoms with Gasteiger partial charge in [-0.1, -0.05) is 18.2 Å². The van der Waals surface area contributed by atoms with Crippen molar-refractivity contribution < 1.29 is 19.0 Å². The molecule has 0 atom stereocenters. The highest BCUT2D eigenvalue weighted by Gasteiger charge is 2.11. The van der Waals surface area contributed by atoms with E-state index in [2.05, 4.69) is 10.3 Å². The largest absolute Gasteiger partial charge is 0.493 e. The Morgan fingerprint density at radius 1 is 1.07 bits per heavy atom. The van der Waals surface area contributed by atoms with Gasteiger partial charge in [0.2, 0.25) is 5.91 Å². The van der Waals surface area contributed by atoms with Gasteiger partial charge in [-0.25, -0.2) is 4.98 Å². The molecule has 3 rings (SSSR count). The number of benzene rings is 2. The SMILES string of the molecule is COc1ccc(-c2nc(CC(=O)NCCOc3ccccc3)cs2)cc1OC. The van der Waals surface area contributed by atoms with Crippen LogP contribution in [0.3, 0.4) is 0 Å². The highest BCUT2D eigenvalue weighted by molar-refractivity contribution is 7.13. The smallest absolute Gasteiger partial charge is 0.226 e. The van der Waals surface area contributed by atoms with Crippen LogP contribution >= 0.6 is 11.3 Å². The molecule has 1 N–H and O–H groups in total. The van der Waals surface area contributed by atoms with Gasteiger partial charge in [0.05, 0.1) is 32.9 Å². The Hall–Kier alpha value is -3.06. The number of carbonyl (C=O) groups excluding carboxylic acids is 1. The minimum atomic E-state index is -0.0826. The Kier molecular flexibility index (Phi) is 6.86. The van der Waals surface area contributed by atoms with Gasteiger partial charge in [-0.15, -0.1) is 11.3 Å². The quantitative estimate of drug-likeness (QED) is 0.558. The van der Waals surface area contributed by atoms with Crippen molar-refractivity contribution in [1.29, 1.82) is 0 Å². The summed E-state index contributed by atoms with van der Waals surface area (Å²) in [6.07, 6.45) is 0.231. The third kappa shape index (κ3) is 5.23. The van der Waals surface area contributed by atoms with Crippen LogP contribution in [0.15, 0.2) is 53.9 Å². The number of aromatic nitrogens is 1. The van der Waals surface area contributed by atoms with Gasteiger partial charge in [0, 0.05) is 10.9 Å². The number of rotatable bonds is 9. The standard InChI is InChI=1S/C21H22N2O4S/c1-25-18-9-8-15(12-19(18)26-2)21-23-16(14-28-21)13-20(24)22-10-11-27-17-6-4-3-5-7-17/h3-9,12,14H,10-11,13H2,1-2H3,(H,22,24). The molecule has 3 aromatic rings. The number of nitrogens with zero attached hydrogens (tertiary/aromatic N) is 1. The highest BCUT2D eigenvalue weighted by Crippen LogP contribution is 2.33. The monoisotopic (exact) mass is 398 g/mol. The maximum Gasteiger partial charge on any atom is 0.226 e. The molecule has 0 aliphatic rings. The van der Waals surface area contributed by atoms with Crippen LogP contribution in [0, 0.1) is 0 Å². The van der Waals surface area contributed by atoms with Crippen LogP contribution in [0.25, 0.3) is 10.6 Å². The van der Waals surface area contributed by atoms with E-state index in [1.165, 1.54) is 11.3 Å². The fraction of sp³-hybridized carbons (Fsp3) is 0.238. The molecular weight excluding hydrogens is 376 g/mol. The summed E-state index contributed by atoms with van der Waals surface area (Å²) in [7, 11) is 3.20. The third-order valence-corrected chi connectivity index (χ3v) is 4.90. The van der Waals surface area contributed by atoms with Crippen LogP contribution in [0.2, 0.25) is 0 Å². The number of hydrogen-bond donors (Lipinski definition) is 1. The first-order chi connectivity index (χ1) is 13.7. The second-order valence-corrected chi connectivity index (χ2v) is 6.76. The van der Waals surface area contributed by atoms with Crippen LogP contribution in [0.1, 0.15) is 5.69 Å². The van der Waals surface area contributed by atoms with Gasteiger partial charge in [-0.05, 0) is 30.3 Å². The first-order valence-electron chi connectivity index (χ1n) is 8.81. The molecule has 0 aliphatic carbocycles. The lowest BCUT2D eigenvalue weighted by Crippen LogP contribution is -2.29. The Bertz CT molecular complexity index is 912. The van der Waals surface area contributed by atoms with Gasteiger partial charge < -0.3 is 19.5 Å². The fourth-order valence-corrected chi connectivity index (χ4v) is 3.41. The predicted molar refractivity (Wildman–Crippen MR) is 109 cm³/mol. The molecule has 0 saturated carbocycles. The van der Waals surface area contributed by atoms with Crippen LogP contribution in [0.5, 0.6) is 17.2 Å². The summed E-state index contributed by atoms with van der Waals surface area (Å²) in [5, 5.41) is 5.57. The van der Waals surface area contributed by atoms with E-state index in [0.717, 1.165) is 22.0 Å². The lowest BCUT2D eigenvalue weighted by Gasteiger charge is -2.08. The maximum absolute atomic E-state index is 12.1. The average molecular weight is 398 g/mol. The molecule has 0 bridgehead atoms. The van der Waals surface area contributed by atoms with Crippen molar-refractivity contribution in [2.75, 3.05) is 27.4 Å². The van der Waals surface area contributed by atoms with Gasteiger partial charge in [0.15, 0.2) is 11.5 Å². The van der Waals surface area contributed by atoms with Gasteiger partial charge in [-0.3, -0.25) is 4.79 Å². The molecule has 1 heterocycles. The number of carbonyl (C=O) groups is 1. The maximum atomic E-state index is 12.1. The van der Waals surface area contributed by atoms with Gasteiger partial charge in [0.25, 0.3) is 0 Å². The van der Waals surface area contributed by atoms with Gasteiger partial charge in [-0.2, -0.15) is 0 Å². The van der Waals surface area contributed by atoms with E-state index < -0.39 is 0 Å². The van der Waals surface area contributed by atoms with E-state index in [9.17, 15) is 4.79 Å². The first kappa shape index (κ1) is 19.7. The van der Waals surface area contributed by atoms with Gasteiger partial charge >= 0.3 is 0 Å². The zero-order valence-corrected chi connectivity index (χ0v) is 16.6. The molecule has 1 aromatic heterocycles. The van der Waals surface area contributed by atoms with E-state index in [4.69, 9.17) is 14.2 Å². The number of para-hydroxylation sites is 1. The van der Waals surface area contributed by atoms with E-state index in [1.54, 1.807) is 14.2 Å². The summed E-state index contributed by atoms with van der Waals surface area (Å²) < 4.78 is 16.1. The highest BCUT2D eigenvalue weighted by atomic mass is 32.1. The summed E-state index contributed by atoms with van der Waals surface area (Å²) in [5.41, 5.74) is 1.65. The molecular formula is C21H22N2O4S. The molecule has 6 nitrogen and oxygen atoms in total. The first-order valence-corrected chi connectivity index (χ1v) is 9.69. The summed E-state index contributed by atoms with van der Waals surface area (Å²) in [6, 6.07) is 15.2. The fourth-order valence-electron chi connectivity index (χ4n) is 2.59. The van der Waals surface area contributed by atoms with Crippen molar-refractivity contribution >= 4 is 17.2 Å². The Morgan fingerprint density at radius 2 is 1.86 bits per heavy atom. The minimum Gasteiger partial charge on any atom is -0.493 e. The van der Waals surface area contributed by atoms with Crippen LogP contribution < -0.4 is 19.5 Å². The minimum absolute atomic E-state index is 0.0826. The van der Waals surface area contributed by atoms with Crippen LogP contribution in [-0.2, 0) is 11.2 Å². The van der Waals surface area contributed by atoms with Crippen molar-refractivity contribution in [3.05, 3.63) is 59.6 Å². The molecule has 0 unspecified atom stereocenters. The lowest BCUT2D eigenvalue weighted by atomic mass is 10.2. The van der Waals surface area contributed by atoms with Crippen molar-refractivity contribution in [2.45, 2.75) is 6.42 Å². The summed E-state index contributed by atoms with van der Waals surface area (Å²) in [6.45, 7) is 0.865. The van der Waals surface area contributed by atoms with E-state index in [-0.39, 0.29) is 12.3 Å². The number of thiazole rings is 1. The Balaban J connectivity index is 1.50. The average Bonchev–Trinajstić information content (AvgIpc) is 3.19. The summed E-state index contributed by atoms with van der Waals surface area (Å²) in [4.78, 5) is 16.7. The van der Waals surface area contributed by atoms with E-state index in [0.29, 0.717) is 24.7 Å². The van der Waals surface area contributed by atoms with E-state index in [1.807, 2.05) is 53.9 Å². The topological polar surface area (TPSA) is 69.7 Å². The molecule has 0 saturated heterocycles. The molecule has 0 spiro atoms. The second kappa shape index (κ2) is 9.75. The summed E-state index contributed by atoms with van der Waals surface area (Å²) >= 11 is 1.49. The zero-order chi connectivity index (χ0) is 19.8. The molecule has 2 aromatic carbocycles. The number of nitrogens with one attached hydrogen (secondary N) is 1. The number of methoxy groups -OCH3 is 2. The molecule has 0 aliphatic heterocycles. The van der Waals surface area contributed by atoms with Crippen molar-refractivity contribution in [3.8, 4) is 27.8 Å². The number of amides is 1. The lowest BCUT2D eigenvalue weighted by molar-refractivity contribution is -0.120. The molecule has 7 heteroatoms. The van der Waals surface area contributed by atoms with E-state index >= 15 is 0 Å². The van der Waals surface area contributed by atoms with Crippen molar-refractivity contribution in [3.63, 3.8) is 0 Å². The number of hydrogen-bond acceptors (Lipinski definition) is 6. The second-order valence-electron chi connectivity index (χ2n) is 5.90. The molecule has 0 fully saturated rings. The predicted octanol–water partition coefficient (Wildman–Crippen LogP) is 3.57. The van der Waals surface area contributed by atoms with Crippen molar-refractivity contribution in [2.24, 2.45) is 0 Å². The zero-order valence-electron chi connectivity index (χ0n) is 15.8. The van der Waals surface area contributed by atoms with Crippen LogP contribution in [0.4, 0.5) is 0 Å². The summed E-state index contributed by atoms with van der Waals surface area (Å²) in [5.74, 6) is 2.02. The Labute approximate surface area is 168 Å². The number of ether oxygens (including phenoxy) is 3. The molecule has 1 amide bonds. The van der Waals surface area contributed by atoms with Crippen molar-refractivity contribution in [1.82, 2.24) is 10.3 Å². The normalized spacial score (nSPS) is 10.4. The Morgan fingerprint density at radius 3 is 2.61 bits per heavy atom.